The smallest absolute Gasteiger partial charge is 0.128 e. The lowest BCUT2D eigenvalue weighted by Crippen LogP contribution is -2.24. The predicted octanol–water partition coefficient (Wildman–Crippen LogP) is 2.33. The summed E-state index contributed by atoms with van der Waals surface area (Å²) in [6.07, 6.45) is 4.64. The van der Waals surface area contributed by atoms with Crippen molar-refractivity contribution in [3.8, 4) is 5.75 Å². The maximum absolute atomic E-state index is 5.49. The van der Waals surface area contributed by atoms with Gasteiger partial charge >= 0.3 is 0 Å². The van der Waals surface area contributed by atoms with Crippen LogP contribution in [0.25, 0.3) is 0 Å². The Labute approximate surface area is 126 Å². The molecule has 0 bridgehead atoms. The van der Waals surface area contributed by atoms with Crippen LogP contribution in [0.1, 0.15) is 35.5 Å². The van der Waals surface area contributed by atoms with Gasteiger partial charge in [-0.15, -0.1) is 0 Å². The molecule has 5 heteroatoms. The van der Waals surface area contributed by atoms with Gasteiger partial charge in [0.05, 0.1) is 18.8 Å². The van der Waals surface area contributed by atoms with E-state index in [9.17, 15) is 0 Å². The van der Waals surface area contributed by atoms with Gasteiger partial charge in [-0.1, -0.05) is 6.92 Å². The number of methoxy groups -OCH3 is 1. The first-order valence-corrected chi connectivity index (χ1v) is 7.28. The van der Waals surface area contributed by atoms with E-state index in [0.717, 1.165) is 41.2 Å². The van der Waals surface area contributed by atoms with E-state index in [1.807, 2.05) is 37.1 Å². The third kappa shape index (κ3) is 3.42. The number of aryl methyl sites for hydroxylation is 2. The van der Waals surface area contributed by atoms with E-state index in [0.29, 0.717) is 0 Å². The van der Waals surface area contributed by atoms with E-state index in [4.69, 9.17) is 4.74 Å². The first-order chi connectivity index (χ1) is 10.1. The van der Waals surface area contributed by atoms with Gasteiger partial charge in [-0.3, -0.25) is 9.67 Å². The Balaban J connectivity index is 2.29. The number of hydrogen-bond acceptors (Lipinski definition) is 4. The summed E-state index contributed by atoms with van der Waals surface area (Å²) in [5.41, 5.74) is 4.27. The van der Waals surface area contributed by atoms with Crippen molar-refractivity contribution in [2.45, 2.75) is 33.2 Å². The highest BCUT2D eigenvalue weighted by Crippen LogP contribution is 2.26. The van der Waals surface area contributed by atoms with Crippen LogP contribution < -0.4 is 10.1 Å². The SMILES string of the molecule is CCNC(Cc1ncc(C)c(OC)c1C)c1ccn(C)n1. The van der Waals surface area contributed by atoms with E-state index in [-0.39, 0.29) is 6.04 Å². The van der Waals surface area contributed by atoms with Crippen LogP contribution in [-0.2, 0) is 13.5 Å². The molecule has 0 saturated heterocycles. The fraction of sp³-hybridized carbons (Fsp3) is 0.500. The second kappa shape index (κ2) is 6.72. The van der Waals surface area contributed by atoms with Gasteiger partial charge in [-0.25, -0.2) is 0 Å². The molecular weight excluding hydrogens is 264 g/mol. The zero-order valence-corrected chi connectivity index (χ0v) is 13.5. The second-order valence-corrected chi connectivity index (χ2v) is 5.27. The van der Waals surface area contributed by atoms with Gasteiger partial charge in [0.1, 0.15) is 5.75 Å². The molecule has 0 radical (unpaired) electrons. The first kappa shape index (κ1) is 15.5. The van der Waals surface area contributed by atoms with Crippen molar-refractivity contribution < 1.29 is 4.74 Å². The van der Waals surface area contributed by atoms with Crippen LogP contribution in [-0.4, -0.2) is 28.4 Å². The highest BCUT2D eigenvalue weighted by atomic mass is 16.5. The Hall–Kier alpha value is -1.88. The quantitative estimate of drug-likeness (QED) is 0.886. The lowest BCUT2D eigenvalue weighted by Gasteiger charge is -2.18. The normalized spacial score (nSPS) is 12.4. The van der Waals surface area contributed by atoms with Gasteiger partial charge in [0.15, 0.2) is 0 Å². The monoisotopic (exact) mass is 288 g/mol. The molecule has 1 atom stereocenters. The van der Waals surface area contributed by atoms with Crippen LogP contribution in [0.2, 0.25) is 0 Å². The molecule has 0 aliphatic heterocycles. The average Bonchev–Trinajstić information content (AvgIpc) is 2.88. The molecule has 2 heterocycles. The zero-order chi connectivity index (χ0) is 15.4. The van der Waals surface area contributed by atoms with Crippen molar-refractivity contribution in [2.75, 3.05) is 13.7 Å². The number of pyridine rings is 1. The molecular formula is C16H24N4O. The summed E-state index contributed by atoms with van der Waals surface area (Å²) in [5, 5.41) is 7.99. The number of aromatic nitrogens is 3. The van der Waals surface area contributed by atoms with Gasteiger partial charge in [0.25, 0.3) is 0 Å². The summed E-state index contributed by atoms with van der Waals surface area (Å²) in [5.74, 6) is 0.927. The standard InChI is InChI=1S/C16H24N4O/c1-6-17-15(13-7-8-20(4)19-13)9-14-12(3)16(21-5)11(2)10-18-14/h7-8,10,15,17H,6,9H2,1-5H3. The molecule has 1 unspecified atom stereocenters. The summed E-state index contributed by atoms with van der Waals surface area (Å²) < 4.78 is 7.32. The predicted molar refractivity (Wildman–Crippen MR) is 83.6 cm³/mol. The maximum atomic E-state index is 5.49. The van der Waals surface area contributed by atoms with Crippen LogP contribution in [0, 0.1) is 13.8 Å². The fourth-order valence-electron chi connectivity index (χ4n) is 2.62. The lowest BCUT2D eigenvalue weighted by molar-refractivity contribution is 0.406. The van der Waals surface area contributed by atoms with E-state index >= 15 is 0 Å². The largest absolute Gasteiger partial charge is 0.496 e. The Bertz CT molecular complexity index is 606. The number of ether oxygens (including phenoxy) is 1. The Morgan fingerprint density at radius 1 is 1.38 bits per heavy atom. The second-order valence-electron chi connectivity index (χ2n) is 5.27. The van der Waals surface area contributed by atoms with Crippen molar-refractivity contribution >= 4 is 0 Å². The third-order valence-electron chi connectivity index (χ3n) is 3.69. The van der Waals surface area contributed by atoms with Gasteiger partial charge in [-0.05, 0) is 26.5 Å². The molecule has 1 N–H and O–H groups in total. The lowest BCUT2D eigenvalue weighted by atomic mass is 10.0. The third-order valence-corrected chi connectivity index (χ3v) is 3.69. The number of nitrogens with zero attached hydrogens (tertiary/aromatic N) is 3. The van der Waals surface area contributed by atoms with Crippen LogP contribution in [0.3, 0.4) is 0 Å². The fourth-order valence-corrected chi connectivity index (χ4v) is 2.62. The molecule has 0 aliphatic carbocycles. The molecule has 21 heavy (non-hydrogen) atoms. The molecule has 114 valence electrons. The minimum absolute atomic E-state index is 0.162. The molecule has 5 nitrogen and oxygen atoms in total. The van der Waals surface area contributed by atoms with E-state index in [2.05, 4.69) is 29.2 Å². The summed E-state index contributed by atoms with van der Waals surface area (Å²) in [6.45, 7) is 7.08. The molecule has 0 aromatic carbocycles. The molecule has 0 fully saturated rings. The van der Waals surface area contributed by atoms with Gasteiger partial charge in [0, 0.05) is 42.7 Å². The van der Waals surface area contributed by atoms with Crippen LogP contribution >= 0.6 is 0 Å². The van der Waals surface area contributed by atoms with Crippen LogP contribution in [0.5, 0.6) is 5.75 Å². The zero-order valence-electron chi connectivity index (χ0n) is 13.5. The molecule has 2 aromatic rings. The van der Waals surface area contributed by atoms with Gasteiger partial charge in [-0.2, -0.15) is 5.10 Å². The first-order valence-electron chi connectivity index (χ1n) is 7.28. The van der Waals surface area contributed by atoms with Crippen molar-refractivity contribution in [2.24, 2.45) is 7.05 Å². The number of nitrogens with one attached hydrogen (secondary N) is 1. The highest BCUT2D eigenvalue weighted by Gasteiger charge is 2.18. The highest BCUT2D eigenvalue weighted by molar-refractivity contribution is 5.41. The molecule has 0 saturated carbocycles. The summed E-state index contributed by atoms with van der Waals surface area (Å²) in [4.78, 5) is 4.59. The van der Waals surface area contributed by atoms with Gasteiger partial charge in [0.2, 0.25) is 0 Å². The van der Waals surface area contributed by atoms with Crippen LogP contribution in [0.4, 0.5) is 0 Å². The summed E-state index contributed by atoms with van der Waals surface area (Å²) >= 11 is 0. The molecule has 2 rings (SSSR count). The number of likely N-dealkylation sites (N-methyl/N-ethyl adjacent to an activating group) is 1. The Kier molecular flexibility index (Phi) is 4.96. The molecule has 0 amide bonds. The summed E-state index contributed by atoms with van der Waals surface area (Å²) in [6, 6.07) is 2.21. The average molecular weight is 288 g/mol. The Morgan fingerprint density at radius 2 is 2.14 bits per heavy atom. The van der Waals surface area contributed by atoms with Crippen molar-refractivity contribution in [3.05, 3.63) is 41.0 Å². The number of rotatable bonds is 6. The summed E-state index contributed by atoms with van der Waals surface area (Å²) in [7, 11) is 3.64. The molecule has 2 aromatic heterocycles. The minimum atomic E-state index is 0.162. The topological polar surface area (TPSA) is 52.0 Å². The van der Waals surface area contributed by atoms with E-state index in [1.165, 1.54) is 0 Å². The molecule has 0 aliphatic rings. The van der Waals surface area contributed by atoms with Crippen molar-refractivity contribution in [1.82, 2.24) is 20.1 Å². The Morgan fingerprint density at radius 3 is 2.71 bits per heavy atom. The van der Waals surface area contributed by atoms with Crippen LogP contribution in [0.15, 0.2) is 18.5 Å². The maximum Gasteiger partial charge on any atom is 0.128 e. The van der Waals surface area contributed by atoms with E-state index < -0.39 is 0 Å². The molecule has 0 spiro atoms. The van der Waals surface area contributed by atoms with Crippen molar-refractivity contribution in [3.63, 3.8) is 0 Å². The van der Waals surface area contributed by atoms with E-state index in [1.54, 1.807) is 7.11 Å². The van der Waals surface area contributed by atoms with Crippen molar-refractivity contribution in [1.29, 1.82) is 0 Å². The number of hydrogen-bond donors (Lipinski definition) is 1. The minimum Gasteiger partial charge on any atom is -0.496 e. The van der Waals surface area contributed by atoms with Gasteiger partial charge < -0.3 is 10.1 Å².